The van der Waals surface area contributed by atoms with Gasteiger partial charge in [0.2, 0.25) is 5.91 Å². The van der Waals surface area contributed by atoms with E-state index in [0.29, 0.717) is 12.2 Å². The first kappa shape index (κ1) is 15.5. The van der Waals surface area contributed by atoms with Crippen molar-refractivity contribution < 1.29 is 4.79 Å². The highest BCUT2D eigenvalue weighted by Crippen LogP contribution is 2.19. The highest BCUT2D eigenvalue weighted by Gasteiger charge is 2.05. The van der Waals surface area contributed by atoms with Crippen LogP contribution in [-0.4, -0.2) is 22.6 Å². The summed E-state index contributed by atoms with van der Waals surface area (Å²) in [5, 5.41) is 14.1. The van der Waals surface area contributed by atoms with Crippen LogP contribution in [0.25, 0.3) is 0 Å². The Morgan fingerprint density at radius 2 is 2.05 bits per heavy atom. The Balaban J connectivity index is 1.74. The molecule has 2 N–H and O–H groups in total. The van der Waals surface area contributed by atoms with Gasteiger partial charge in [0.15, 0.2) is 5.82 Å². The summed E-state index contributed by atoms with van der Waals surface area (Å²) in [6, 6.07) is 3.63. The van der Waals surface area contributed by atoms with Crippen molar-refractivity contribution in [3.63, 3.8) is 0 Å². The summed E-state index contributed by atoms with van der Waals surface area (Å²) < 4.78 is 0. The molecule has 0 aromatic carbocycles. The van der Waals surface area contributed by atoms with Crippen molar-refractivity contribution in [2.24, 2.45) is 0 Å². The van der Waals surface area contributed by atoms with Crippen molar-refractivity contribution in [3.8, 4) is 0 Å². The average Bonchev–Trinajstić information content (AvgIpc) is 2.50. The summed E-state index contributed by atoms with van der Waals surface area (Å²) >= 11 is 0. The minimum atomic E-state index is -0.0169. The van der Waals surface area contributed by atoms with Gasteiger partial charge in [0.05, 0.1) is 0 Å². The Labute approximate surface area is 126 Å². The van der Waals surface area contributed by atoms with Crippen LogP contribution in [0.15, 0.2) is 23.8 Å². The topological polar surface area (TPSA) is 66.9 Å². The number of carbonyl (C=O) groups excluding carboxylic acids is 1. The second-order valence-electron chi connectivity index (χ2n) is 5.39. The molecule has 0 saturated heterocycles. The highest BCUT2D eigenvalue weighted by atomic mass is 16.1. The van der Waals surface area contributed by atoms with E-state index in [4.69, 9.17) is 0 Å². The SMILES string of the molecule is CCCC(=O)Nc1ccc(NCCC2=CCCCC2)nn1. The number of nitrogens with zero attached hydrogens (tertiary/aromatic N) is 2. The van der Waals surface area contributed by atoms with Crippen LogP contribution >= 0.6 is 0 Å². The fourth-order valence-corrected chi connectivity index (χ4v) is 2.41. The third-order valence-electron chi connectivity index (χ3n) is 3.55. The van der Waals surface area contributed by atoms with E-state index in [1.165, 1.54) is 25.7 Å². The van der Waals surface area contributed by atoms with Gasteiger partial charge >= 0.3 is 0 Å². The molecule has 0 aliphatic heterocycles. The number of amides is 1. The number of anilines is 2. The molecule has 0 bridgehead atoms. The summed E-state index contributed by atoms with van der Waals surface area (Å²) in [7, 11) is 0. The number of nitrogens with one attached hydrogen (secondary N) is 2. The second-order valence-corrected chi connectivity index (χ2v) is 5.39. The quantitative estimate of drug-likeness (QED) is 0.753. The van der Waals surface area contributed by atoms with E-state index >= 15 is 0 Å². The van der Waals surface area contributed by atoms with Crippen LogP contribution in [0.4, 0.5) is 11.6 Å². The van der Waals surface area contributed by atoms with Gasteiger partial charge in [-0.2, -0.15) is 0 Å². The molecule has 1 amide bonds. The van der Waals surface area contributed by atoms with E-state index in [1.807, 2.05) is 13.0 Å². The zero-order chi connectivity index (χ0) is 14.9. The van der Waals surface area contributed by atoms with Crippen molar-refractivity contribution >= 4 is 17.5 Å². The Bertz CT molecular complexity index is 482. The van der Waals surface area contributed by atoms with E-state index < -0.39 is 0 Å². The molecule has 0 spiro atoms. The van der Waals surface area contributed by atoms with Crippen molar-refractivity contribution in [2.75, 3.05) is 17.2 Å². The van der Waals surface area contributed by atoms with Crippen molar-refractivity contribution in [3.05, 3.63) is 23.8 Å². The predicted molar refractivity (Wildman–Crippen MR) is 85.2 cm³/mol. The lowest BCUT2D eigenvalue weighted by atomic mass is 9.97. The molecule has 0 fully saturated rings. The van der Waals surface area contributed by atoms with Crippen LogP contribution in [0.5, 0.6) is 0 Å². The van der Waals surface area contributed by atoms with Gasteiger partial charge in [-0.25, -0.2) is 0 Å². The third-order valence-corrected chi connectivity index (χ3v) is 3.55. The lowest BCUT2D eigenvalue weighted by molar-refractivity contribution is -0.116. The van der Waals surface area contributed by atoms with Crippen LogP contribution in [0.1, 0.15) is 51.9 Å². The molecule has 5 heteroatoms. The summed E-state index contributed by atoms with van der Waals surface area (Å²) in [6.07, 6.45) is 9.87. The van der Waals surface area contributed by atoms with Crippen molar-refractivity contribution in [2.45, 2.75) is 51.9 Å². The number of hydrogen-bond donors (Lipinski definition) is 2. The Morgan fingerprint density at radius 1 is 1.24 bits per heavy atom. The van der Waals surface area contributed by atoms with E-state index in [1.54, 1.807) is 11.6 Å². The van der Waals surface area contributed by atoms with E-state index in [9.17, 15) is 4.79 Å². The van der Waals surface area contributed by atoms with Gasteiger partial charge in [0, 0.05) is 13.0 Å². The molecule has 1 aliphatic rings. The lowest BCUT2D eigenvalue weighted by Gasteiger charge is -2.13. The third kappa shape index (κ3) is 5.53. The minimum Gasteiger partial charge on any atom is -0.368 e. The normalized spacial score (nSPS) is 14.4. The molecule has 2 rings (SSSR count). The van der Waals surface area contributed by atoms with Gasteiger partial charge in [0.1, 0.15) is 5.82 Å². The summed E-state index contributed by atoms with van der Waals surface area (Å²) in [5.41, 5.74) is 1.55. The average molecular weight is 288 g/mol. The van der Waals surface area contributed by atoms with Gasteiger partial charge in [-0.3, -0.25) is 4.79 Å². The van der Waals surface area contributed by atoms with E-state index in [0.717, 1.165) is 25.2 Å². The van der Waals surface area contributed by atoms with Crippen LogP contribution in [-0.2, 0) is 4.79 Å². The molecule has 0 radical (unpaired) electrons. The van der Waals surface area contributed by atoms with Crippen molar-refractivity contribution in [1.82, 2.24) is 10.2 Å². The lowest BCUT2D eigenvalue weighted by Crippen LogP contribution is -2.13. The van der Waals surface area contributed by atoms with Gasteiger partial charge in [-0.15, -0.1) is 10.2 Å². The van der Waals surface area contributed by atoms with Crippen LogP contribution in [0.2, 0.25) is 0 Å². The highest BCUT2D eigenvalue weighted by molar-refractivity contribution is 5.89. The molecule has 1 aromatic heterocycles. The number of aromatic nitrogens is 2. The Hall–Kier alpha value is -1.91. The Morgan fingerprint density at radius 3 is 2.71 bits per heavy atom. The molecule has 1 heterocycles. The molecular weight excluding hydrogens is 264 g/mol. The Kier molecular flexibility index (Phi) is 6.19. The number of rotatable bonds is 7. The van der Waals surface area contributed by atoms with E-state index in [-0.39, 0.29) is 5.91 Å². The molecule has 0 unspecified atom stereocenters. The van der Waals surface area contributed by atoms with Crippen LogP contribution in [0.3, 0.4) is 0 Å². The van der Waals surface area contributed by atoms with Crippen LogP contribution in [0, 0.1) is 0 Å². The molecular formula is C16H24N4O. The van der Waals surface area contributed by atoms with E-state index in [2.05, 4.69) is 26.9 Å². The molecule has 21 heavy (non-hydrogen) atoms. The van der Waals surface area contributed by atoms with Gasteiger partial charge < -0.3 is 10.6 Å². The van der Waals surface area contributed by atoms with Crippen molar-refractivity contribution in [1.29, 1.82) is 0 Å². The first-order chi connectivity index (χ1) is 10.3. The molecule has 5 nitrogen and oxygen atoms in total. The molecule has 0 saturated carbocycles. The summed E-state index contributed by atoms with van der Waals surface area (Å²) in [4.78, 5) is 11.4. The fourth-order valence-electron chi connectivity index (χ4n) is 2.41. The zero-order valence-corrected chi connectivity index (χ0v) is 12.7. The van der Waals surface area contributed by atoms with Crippen LogP contribution < -0.4 is 10.6 Å². The summed E-state index contributed by atoms with van der Waals surface area (Å²) in [6.45, 7) is 2.85. The fraction of sp³-hybridized carbons (Fsp3) is 0.562. The first-order valence-corrected chi connectivity index (χ1v) is 7.83. The molecule has 0 atom stereocenters. The maximum atomic E-state index is 11.4. The number of allylic oxidation sites excluding steroid dienone is 1. The minimum absolute atomic E-state index is 0.0169. The maximum Gasteiger partial charge on any atom is 0.225 e. The van der Waals surface area contributed by atoms with Gasteiger partial charge in [0.25, 0.3) is 0 Å². The number of carbonyl (C=O) groups is 1. The predicted octanol–water partition coefficient (Wildman–Crippen LogP) is 3.52. The number of hydrogen-bond acceptors (Lipinski definition) is 4. The monoisotopic (exact) mass is 288 g/mol. The largest absolute Gasteiger partial charge is 0.368 e. The van der Waals surface area contributed by atoms with Gasteiger partial charge in [-0.1, -0.05) is 18.6 Å². The standard InChI is InChI=1S/C16H24N4O/c1-2-6-16(21)18-15-10-9-14(19-20-15)17-12-11-13-7-4-3-5-8-13/h7,9-10H,2-6,8,11-12H2,1H3,(H,17,19)(H,18,20,21). The molecule has 1 aliphatic carbocycles. The summed E-state index contributed by atoms with van der Waals surface area (Å²) in [5.74, 6) is 1.24. The maximum absolute atomic E-state index is 11.4. The molecule has 1 aromatic rings. The smallest absolute Gasteiger partial charge is 0.225 e. The molecule has 114 valence electrons. The second kappa shape index (κ2) is 8.39. The zero-order valence-electron chi connectivity index (χ0n) is 12.7. The first-order valence-electron chi connectivity index (χ1n) is 7.83. The van der Waals surface area contributed by atoms with Gasteiger partial charge in [-0.05, 0) is 50.7 Å².